The summed E-state index contributed by atoms with van der Waals surface area (Å²) >= 11 is 0. The number of H-pyrrole nitrogens is 1. The van der Waals surface area contributed by atoms with Crippen molar-refractivity contribution in [3.05, 3.63) is 23.0 Å². The summed E-state index contributed by atoms with van der Waals surface area (Å²) in [4.78, 5) is 23.1. The Balaban J connectivity index is 2.32. The summed E-state index contributed by atoms with van der Waals surface area (Å²) in [7, 11) is -1.23. The molecular formula is C16H25N4O4Si. The molecule has 9 heteroatoms. The van der Waals surface area contributed by atoms with E-state index in [2.05, 4.69) is 28.0 Å². The number of aromatic nitrogens is 4. The van der Waals surface area contributed by atoms with E-state index in [1.165, 1.54) is 6.33 Å². The number of nitrogens with one attached hydrogen (secondary N) is 1. The van der Waals surface area contributed by atoms with Gasteiger partial charge in [0.15, 0.2) is 11.2 Å². The average molecular weight is 365 g/mol. The molecule has 3 rings (SSSR count). The minimum absolute atomic E-state index is 0.239. The molecular weight excluding hydrogens is 340 g/mol. The van der Waals surface area contributed by atoms with E-state index in [4.69, 9.17) is 4.74 Å². The zero-order valence-corrected chi connectivity index (χ0v) is 16.1. The smallest absolute Gasteiger partial charge is 0.278 e. The van der Waals surface area contributed by atoms with Gasteiger partial charge in [0.25, 0.3) is 5.56 Å². The molecule has 0 amide bonds. The maximum Gasteiger partial charge on any atom is 0.278 e. The Labute approximate surface area is 147 Å². The average Bonchev–Trinajstić information content (AvgIpc) is 3.07. The van der Waals surface area contributed by atoms with Crippen molar-refractivity contribution >= 4 is 20.0 Å². The van der Waals surface area contributed by atoms with E-state index in [0.717, 1.165) is 0 Å². The monoisotopic (exact) mass is 365 g/mol. The van der Waals surface area contributed by atoms with E-state index in [9.17, 15) is 15.0 Å². The Morgan fingerprint density at radius 2 is 2.08 bits per heavy atom. The molecule has 25 heavy (non-hydrogen) atoms. The van der Waals surface area contributed by atoms with Crippen molar-refractivity contribution in [2.45, 2.75) is 51.4 Å². The van der Waals surface area contributed by atoms with Crippen LogP contribution in [0.3, 0.4) is 0 Å². The lowest BCUT2D eigenvalue weighted by molar-refractivity contribution is -0.0856. The number of nitrogens with zero attached hydrogens (tertiary/aromatic N) is 3. The lowest BCUT2D eigenvalue weighted by atomic mass is 9.76. The van der Waals surface area contributed by atoms with Gasteiger partial charge in [0.2, 0.25) is 0 Å². The van der Waals surface area contributed by atoms with Gasteiger partial charge in [-0.15, -0.1) is 0 Å². The summed E-state index contributed by atoms with van der Waals surface area (Å²) in [5, 5.41) is 19.7. The first-order chi connectivity index (χ1) is 11.6. The fraction of sp³-hybridized carbons (Fsp3) is 0.688. The molecule has 0 bridgehead atoms. The van der Waals surface area contributed by atoms with Crippen molar-refractivity contribution in [3.8, 4) is 0 Å². The first-order valence-electron chi connectivity index (χ1n) is 8.33. The van der Waals surface area contributed by atoms with E-state index in [1.54, 1.807) is 10.9 Å². The Kier molecular flexibility index (Phi) is 4.39. The molecule has 4 atom stereocenters. The standard InChI is InChI=1S/C16H25N4O4Si/c1-15(2,3)12-11(22)9(6-21)24-16(12,25(4)5)20-8-19-10-13(20)17-7-18-14(10)23/h7-9,11-12,21-22H,6H2,1-5H3,(H,17,18,23)/t9-,11-,12+,16+/m1/s1. The molecule has 0 aromatic carbocycles. The Bertz CT molecular complexity index is 827. The zero-order chi connectivity index (χ0) is 18.6. The molecule has 0 unspecified atom stereocenters. The van der Waals surface area contributed by atoms with Crippen molar-refractivity contribution in [3.63, 3.8) is 0 Å². The van der Waals surface area contributed by atoms with Gasteiger partial charge in [0.05, 0.1) is 25.4 Å². The minimum atomic E-state index is -1.23. The number of rotatable bonds is 3. The van der Waals surface area contributed by atoms with Crippen molar-refractivity contribution in [1.82, 2.24) is 19.5 Å². The highest BCUT2D eigenvalue weighted by Crippen LogP contribution is 2.51. The summed E-state index contributed by atoms with van der Waals surface area (Å²) in [6.07, 6.45) is 1.39. The van der Waals surface area contributed by atoms with Crippen molar-refractivity contribution in [2.24, 2.45) is 11.3 Å². The fourth-order valence-electron chi connectivity index (χ4n) is 4.03. The van der Waals surface area contributed by atoms with Gasteiger partial charge in [-0.25, -0.2) is 9.97 Å². The number of imidazole rings is 1. The fourth-order valence-corrected chi connectivity index (χ4v) is 6.29. The molecule has 3 N–H and O–H groups in total. The summed E-state index contributed by atoms with van der Waals surface area (Å²) < 4.78 is 8.11. The molecule has 1 aliphatic heterocycles. The lowest BCUT2D eigenvalue weighted by Gasteiger charge is -2.45. The maximum absolute atomic E-state index is 12.1. The SMILES string of the molecule is C[Si](C)[C@@]1(n2cnc3c(=O)[nH]cnc32)O[C@H](CO)[C@@H](O)[C@H]1C(C)(C)C. The third kappa shape index (κ3) is 2.57. The largest absolute Gasteiger partial charge is 0.394 e. The summed E-state index contributed by atoms with van der Waals surface area (Å²) in [5.74, 6) is -0.292. The van der Waals surface area contributed by atoms with Gasteiger partial charge < -0.3 is 19.9 Å². The Morgan fingerprint density at radius 3 is 2.64 bits per heavy atom. The zero-order valence-electron chi connectivity index (χ0n) is 15.1. The van der Waals surface area contributed by atoms with Crippen LogP contribution in [0, 0.1) is 11.3 Å². The number of aromatic amines is 1. The molecule has 0 aliphatic carbocycles. The summed E-state index contributed by atoms with van der Waals surface area (Å²) in [6.45, 7) is 10.0. The van der Waals surface area contributed by atoms with Gasteiger partial charge in [-0.1, -0.05) is 33.9 Å². The Morgan fingerprint density at radius 1 is 1.40 bits per heavy atom. The topological polar surface area (TPSA) is 113 Å². The second-order valence-electron chi connectivity index (χ2n) is 7.89. The highest BCUT2D eigenvalue weighted by Gasteiger charge is 2.61. The molecule has 0 spiro atoms. The molecule has 2 aromatic rings. The van der Waals surface area contributed by atoms with Crippen LogP contribution >= 0.6 is 0 Å². The second-order valence-corrected chi connectivity index (χ2v) is 10.6. The number of hydrogen-bond acceptors (Lipinski definition) is 6. The van der Waals surface area contributed by atoms with E-state index < -0.39 is 26.4 Å². The van der Waals surface area contributed by atoms with Gasteiger partial charge in [0.1, 0.15) is 20.2 Å². The van der Waals surface area contributed by atoms with Crippen molar-refractivity contribution in [1.29, 1.82) is 0 Å². The first-order valence-corrected chi connectivity index (χ1v) is 10.8. The Hall–Kier alpha value is -1.55. The van der Waals surface area contributed by atoms with Crippen LogP contribution < -0.4 is 5.56 Å². The number of aliphatic hydroxyl groups excluding tert-OH is 2. The third-order valence-corrected chi connectivity index (χ3v) is 7.10. The van der Waals surface area contributed by atoms with Crippen LogP contribution in [0.1, 0.15) is 20.8 Å². The van der Waals surface area contributed by atoms with E-state index in [1.807, 2.05) is 20.8 Å². The van der Waals surface area contributed by atoms with E-state index >= 15 is 0 Å². The minimum Gasteiger partial charge on any atom is -0.394 e. The molecule has 1 aliphatic rings. The van der Waals surface area contributed by atoms with Gasteiger partial charge >= 0.3 is 0 Å². The predicted molar refractivity (Wildman–Crippen MR) is 94.5 cm³/mol. The molecule has 1 saturated heterocycles. The van der Waals surface area contributed by atoms with Gasteiger partial charge in [-0.05, 0) is 5.41 Å². The van der Waals surface area contributed by atoms with E-state index in [-0.39, 0.29) is 29.0 Å². The predicted octanol–water partition coefficient (Wildman–Crippen LogP) is 0.480. The number of hydrogen-bond donors (Lipinski definition) is 3. The summed E-state index contributed by atoms with van der Waals surface area (Å²) in [5.41, 5.74) is 0.0473. The normalized spacial score (nSPS) is 30.5. The van der Waals surface area contributed by atoms with Gasteiger partial charge in [-0.2, -0.15) is 0 Å². The molecule has 137 valence electrons. The van der Waals surface area contributed by atoms with Crippen LogP contribution in [0.4, 0.5) is 0 Å². The quantitative estimate of drug-likeness (QED) is 0.682. The highest BCUT2D eigenvalue weighted by molar-refractivity contribution is 6.58. The van der Waals surface area contributed by atoms with Crippen LogP contribution in [-0.4, -0.2) is 57.3 Å². The number of ether oxygens (including phenoxy) is 1. The number of fused-ring (bicyclic) bond motifs is 1. The maximum atomic E-state index is 12.1. The molecule has 0 saturated carbocycles. The van der Waals surface area contributed by atoms with Crippen molar-refractivity contribution in [2.75, 3.05) is 6.61 Å². The second kappa shape index (κ2) is 6.01. The van der Waals surface area contributed by atoms with Crippen LogP contribution in [-0.2, 0) is 10.1 Å². The van der Waals surface area contributed by atoms with Gasteiger partial charge in [0, 0.05) is 5.92 Å². The van der Waals surface area contributed by atoms with Crippen molar-refractivity contribution < 1.29 is 14.9 Å². The molecule has 1 radical (unpaired) electrons. The first kappa shape index (κ1) is 18.2. The molecule has 2 aromatic heterocycles. The van der Waals surface area contributed by atoms with Crippen LogP contribution in [0.25, 0.3) is 11.2 Å². The molecule has 1 fully saturated rings. The van der Waals surface area contributed by atoms with E-state index in [0.29, 0.717) is 5.65 Å². The lowest BCUT2D eigenvalue weighted by Crippen LogP contribution is -2.55. The molecule has 8 nitrogen and oxygen atoms in total. The van der Waals surface area contributed by atoms with Crippen LogP contribution in [0.5, 0.6) is 0 Å². The highest BCUT2D eigenvalue weighted by atomic mass is 28.3. The summed E-state index contributed by atoms with van der Waals surface area (Å²) in [6, 6.07) is 0. The van der Waals surface area contributed by atoms with Gasteiger partial charge in [-0.3, -0.25) is 9.36 Å². The van der Waals surface area contributed by atoms with Crippen LogP contribution in [0.15, 0.2) is 17.4 Å². The van der Waals surface area contributed by atoms with Crippen LogP contribution in [0.2, 0.25) is 13.1 Å². The molecule has 3 heterocycles. The third-order valence-electron chi connectivity index (χ3n) is 5.00. The number of aliphatic hydroxyl groups is 2.